The fourth-order valence-corrected chi connectivity index (χ4v) is 17.6. The van der Waals surface area contributed by atoms with Crippen molar-refractivity contribution >= 4 is 16.4 Å². The van der Waals surface area contributed by atoms with E-state index in [1.807, 2.05) is 26.8 Å². The van der Waals surface area contributed by atoms with Crippen LogP contribution in [0.15, 0.2) is 23.3 Å². The van der Waals surface area contributed by atoms with Gasteiger partial charge in [-0.05, 0) is 112 Å². The molecule has 0 bridgehead atoms. The molecule has 12 N–H and O–H groups in total. The Morgan fingerprint density at radius 3 is 1.87 bits per heavy atom. The zero-order valence-corrected chi connectivity index (χ0v) is 57.3. The van der Waals surface area contributed by atoms with Crippen molar-refractivity contribution in [1.82, 2.24) is 0 Å². The van der Waals surface area contributed by atoms with Gasteiger partial charge in [0.25, 0.3) is 0 Å². The van der Waals surface area contributed by atoms with Gasteiger partial charge in [-0.15, -0.1) is 0 Å². The molecule has 4 aliphatic carbocycles. The van der Waals surface area contributed by atoms with Gasteiger partial charge in [-0.3, -0.25) is 8.98 Å². The summed E-state index contributed by atoms with van der Waals surface area (Å²) in [6.07, 6.45) is -32.6. The Morgan fingerprint density at radius 2 is 1.27 bits per heavy atom. The Morgan fingerprint density at radius 1 is 0.696 bits per heavy atom. The summed E-state index contributed by atoms with van der Waals surface area (Å²) in [5.74, 6) is -0.510. The third-order valence-electron chi connectivity index (χ3n) is 22.4. The minimum atomic E-state index is -5.51. The molecule has 0 aromatic carbocycles. The zero-order valence-electron chi connectivity index (χ0n) is 54.5. The topological polar surface area (TPSA) is 437 Å². The summed E-state index contributed by atoms with van der Waals surface area (Å²) in [4.78, 5) is 12.5. The average molecular weight is 1350 g/mol. The molecular formula is C61H99NaO29S. The molecule has 2 unspecified atom stereocenters. The summed E-state index contributed by atoms with van der Waals surface area (Å²) in [5, 5.41) is 134. The van der Waals surface area contributed by atoms with Gasteiger partial charge < -0.3 is 123 Å². The van der Waals surface area contributed by atoms with Gasteiger partial charge in [0.05, 0.1) is 38.6 Å². The van der Waals surface area contributed by atoms with Crippen LogP contribution in [0.1, 0.15) is 121 Å². The van der Waals surface area contributed by atoms with Crippen molar-refractivity contribution in [3.63, 3.8) is 0 Å². The van der Waals surface area contributed by atoms with E-state index in [4.69, 9.17) is 61.0 Å². The van der Waals surface area contributed by atoms with Gasteiger partial charge in [0.15, 0.2) is 31.5 Å². The SMILES string of the molecule is CO[C@@H]1[C@@H](O)[C@H](O[C@@H]2[C@@H](O)[C@H](O[C@H]3[C@H](O)[C@@H](O[C@@H]4OC[C@@H](O)[C@H](O)[C@H]4O)[C@H](O[C@H]4[C@H](OC5CC[C@@]6(C)C(CC=C7[C@@H]6CC[C@]6(C)[C@@H]([C@@](C)(O)[C@@H](CC=C(C)C)OC(C)=O)CC[C@@]76C)C5(C)C)OC[C@@H](OS(=O)(=O)[O-])[C@@H]4O)O[C@@H]3C)O[C@H](CO)[C@H]2O)O[C@H](CO)[C@H]1O.[Na+]. The summed E-state index contributed by atoms with van der Waals surface area (Å²) in [7, 11) is -4.34. The van der Waals surface area contributed by atoms with Crippen LogP contribution in [0.2, 0.25) is 0 Å². The zero-order chi connectivity index (χ0) is 67.0. The molecule has 9 rings (SSSR count). The number of carbonyl (C=O) groups is 1. The van der Waals surface area contributed by atoms with Crippen molar-refractivity contribution in [1.29, 1.82) is 0 Å². The van der Waals surface area contributed by atoms with Crippen LogP contribution in [0.25, 0.3) is 0 Å². The van der Waals surface area contributed by atoms with E-state index in [1.165, 1.54) is 26.5 Å². The number of rotatable bonds is 20. The Hall–Kier alpha value is -1.10. The molecule has 29 nitrogen and oxygen atoms in total. The largest absolute Gasteiger partial charge is 1.00 e. The van der Waals surface area contributed by atoms with Crippen LogP contribution >= 0.6 is 0 Å². The van der Waals surface area contributed by atoms with E-state index in [0.29, 0.717) is 25.7 Å². The van der Waals surface area contributed by atoms with E-state index in [-0.39, 0.29) is 63.6 Å². The van der Waals surface area contributed by atoms with E-state index in [9.17, 15) is 79.0 Å². The first-order chi connectivity index (χ1) is 42.5. The molecule has 0 spiro atoms. The van der Waals surface area contributed by atoms with Gasteiger partial charge in [0, 0.05) is 20.5 Å². The molecule has 31 heteroatoms. The first kappa shape index (κ1) is 76.7. The maximum absolute atomic E-state index is 12.6. The minimum Gasteiger partial charge on any atom is -0.726 e. The van der Waals surface area contributed by atoms with Crippen LogP contribution in [0.4, 0.5) is 0 Å². The molecule has 5 aliphatic heterocycles. The number of methoxy groups -OCH3 is 1. The second-order valence-corrected chi connectivity index (χ2v) is 29.4. The number of hydrogen-bond acceptors (Lipinski definition) is 29. The van der Waals surface area contributed by atoms with Crippen molar-refractivity contribution in [2.24, 2.45) is 39.4 Å². The van der Waals surface area contributed by atoms with E-state index < -0.39 is 207 Å². The van der Waals surface area contributed by atoms with Gasteiger partial charge in [-0.25, -0.2) is 8.42 Å². The molecule has 5 heterocycles. The number of ether oxygens (including phenoxy) is 12. The molecule has 0 aromatic heterocycles. The van der Waals surface area contributed by atoms with Crippen LogP contribution in [0.3, 0.4) is 0 Å². The third-order valence-corrected chi connectivity index (χ3v) is 22.9. The van der Waals surface area contributed by atoms with Gasteiger partial charge in [-0.2, -0.15) is 0 Å². The average Bonchev–Trinajstić information content (AvgIpc) is 1.36. The molecule has 0 radical (unpaired) electrons. The number of carbonyl (C=O) groups excluding carboxylic acids is 1. The number of aliphatic hydroxyl groups excluding tert-OH is 11. The summed E-state index contributed by atoms with van der Waals surface area (Å²) in [5.41, 5.74) is -0.515. The third kappa shape index (κ3) is 14.6. The van der Waals surface area contributed by atoms with E-state index in [0.717, 1.165) is 31.3 Å². The van der Waals surface area contributed by atoms with E-state index in [2.05, 4.69) is 40.7 Å². The van der Waals surface area contributed by atoms with Crippen molar-refractivity contribution in [2.45, 2.75) is 280 Å². The predicted octanol–water partition coefficient (Wildman–Crippen LogP) is -4.44. The van der Waals surface area contributed by atoms with Crippen molar-refractivity contribution in [3.05, 3.63) is 23.3 Å². The molecule has 92 heavy (non-hydrogen) atoms. The molecular weight excluding hydrogens is 1250 g/mol. The van der Waals surface area contributed by atoms with E-state index >= 15 is 0 Å². The van der Waals surface area contributed by atoms with Crippen molar-refractivity contribution in [2.75, 3.05) is 33.5 Å². The first-order valence-electron chi connectivity index (χ1n) is 31.7. The normalized spacial score (nSPS) is 48.1. The summed E-state index contributed by atoms with van der Waals surface area (Å²) in [6, 6.07) is 0. The molecule has 0 amide bonds. The minimum absolute atomic E-state index is 0. The summed E-state index contributed by atoms with van der Waals surface area (Å²) >= 11 is 0. The van der Waals surface area contributed by atoms with Gasteiger partial charge >= 0.3 is 35.5 Å². The molecule has 8 fully saturated rings. The Kier molecular flexibility index (Phi) is 24.7. The van der Waals surface area contributed by atoms with Crippen LogP contribution in [0.5, 0.6) is 0 Å². The van der Waals surface area contributed by atoms with E-state index in [1.54, 1.807) is 0 Å². The van der Waals surface area contributed by atoms with Crippen LogP contribution in [-0.2, 0) is 76.2 Å². The van der Waals surface area contributed by atoms with Crippen LogP contribution in [-0.4, -0.2) is 273 Å². The molecule has 9 aliphatic rings. The standard InChI is InChI=1S/C61H100O29S.Na/c1-26(2)12-15-38(82-28(4)64)61(10,74)36-17-21-59(8)30-13-14-35-57(5,6)37(18-19-58(35,7)29(30)16-20-60(36,59)9)85-55-50(42(69)34(25-80-55)90-91(75,76)77)89-56-51(88-52-43(70)39(66)31(65)24-79-52)44(71)47(27(3)81-56)86-54-46(73)49(41(68)33(23-63)84-54)87-53-45(72)48(78-11)40(67)32(22-62)83-53;/h12-13,27,29,31-56,62-63,65-74H,14-25H2,1-11H3,(H,75,76,77);/q;+1/p-1/t27-,29+,31-,32-,33-,34-,35?,36+,37?,38-,39+,40-,41-,42+,43-,44+,45-,46-,47-,48+,49+,50-,51-,52+,53+,54+,55+,56+,58-,59+,60-,61-;/m1./s1. The van der Waals surface area contributed by atoms with Crippen molar-refractivity contribution in [3.8, 4) is 0 Å². The summed E-state index contributed by atoms with van der Waals surface area (Å²) < 4.78 is 113. The summed E-state index contributed by atoms with van der Waals surface area (Å²) in [6.45, 7) is 16.6. The molecule has 5 saturated heterocycles. The second kappa shape index (κ2) is 29.6. The Balaban J connectivity index is 0.0000109. The quantitative estimate of drug-likeness (QED) is 0.0180. The number of allylic oxidation sites excluding steroid dienone is 3. The maximum atomic E-state index is 12.6. The maximum Gasteiger partial charge on any atom is 1.00 e. The van der Waals surface area contributed by atoms with Crippen molar-refractivity contribution < 1.29 is 170 Å². The van der Waals surface area contributed by atoms with Crippen LogP contribution in [0, 0.1) is 39.4 Å². The molecule has 32 atom stereocenters. The molecule has 3 saturated carbocycles. The van der Waals surface area contributed by atoms with Crippen LogP contribution < -0.4 is 29.6 Å². The molecule has 0 aromatic rings. The monoisotopic (exact) mass is 1350 g/mol. The number of fused-ring (bicyclic) bond motifs is 5. The first-order valence-corrected chi connectivity index (χ1v) is 33.0. The number of hydrogen-bond donors (Lipinski definition) is 12. The fourth-order valence-electron chi connectivity index (χ4n) is 17.2. The Bertz CT molecular complexity index is 2670. The fraction of sp³-hybridized carbons (Fsp3) is 0.918. The predicted molar refractivity (Wildman–Crippen MR) is 308 cm³/mol. The Labute approximate surface area is 559 Å². The second-order valence-electron chi connectivity index (χ2n) is 28.4. The van der Waals surface area contributed by atoms with Gasteiger partial charge in [0.1, 0.15) is 115 Å². The van der Waals surface area contributed by atoms with Gasteiger partial charge in [0.2, 0.25) is 10.4 Å². The number of aliphatic hydroxyl groups is 12. The smallest absolute Gasteiger partial charge is 0.726 e. The number of esters is 1. The van der Waals surface area contributed by atoms with Gasteiger partial charge in [-0.1, -0.05) is 57.9 Å². The molecule has 524 valence electrons.